The van der Waals surface area contributed by atoms with E-state index in [0.717, 1.165) is 19.6 Å². The maximum atomic E-state index is 14.0. The van der Waals surface area contributed by atoms with Gasteiger partial charge in [0, 0.05) is 44.8 Å². The van der Waals surface area contributed by atoms with Gasteiger partial charge in [0.05, 0.1) is 11.5 Å². The van der Waals surface area contributed by atoms with Crippen molar-refractivity contribution in [1.29, 1.82) is 5.26 Å². The first-order valence-corrected chi connectivity index (χ1v) is 9.48. The lowest BCUT2D eigenvalue weighted by atomic mass is 9.69. The van der Waals surface area contributed by atoms with Crippen LogP contribution < -0.4 is 0 Å². The zero-order valence-corrected chi connectivity index (χ0v) is 15.7. The Balaban J connectivity index is 1.62. The smallest absolute Gasteiger partial charge is 0.300 e. The van der Waals surface area contributed by atoms with Crippen LogP contribution in [0.5, 0.6) is 0 Å². The molecule has 0 amide bonds. The molecule has 1 heterocycles. The maximum Gasteiger partial charge on any atom is 0.396 e. The van der Waals surface area contributed by atoms with Gasteiger partial charge in [0.2, 0.25) is 0 Å². The fourth-order valence-electron chi connectivity index (χ4n) is 4.27. The molecule has 2 aliphatic rings. The molecule has 3 rings (SSSR count). The molecular weight excluding hydrogens is 351 g/mol. The van der Waals surface area contributed by atoms with E-state index < -0.39 is 11.6 Å². The number of allylic oxidation sites excluding steroid dienone is 2. The van der Waals surface area contributed by atoms with Gasteiger partial charge in [-0.2, -0.15) is 18.4 Å². The molecule has 1 aromatic carbocycles. The van der Waals surface area contributed by atoms with Crippen LogP contribution in [0.1, 0.15) is 25.3 Å². The van der Waals surface area contributed by atoms with Crippen LogP contribution in [-0.2, 0) is 6.54 Å². The van der Waals surface area contributed by atoms with Crippen LogP contribution in [0.3, 0.4) is 0 Å². The Kier molecular flexibility index (Phi) is 5.92. The molecule has 3 nitrogen and oxygen atoms in total. The molecule has 27 heavy (non-hydrogen) atoms. The SMILES string of the molecule is CC1CC(CN2CCN(Cc3ccccc3)CC2)(C(F)(F)F)CC=C1C#N. The summed E-state index contributed by atoms with van der Waals surface area (Å²) in [6.07, 6.45) is -2.85. The Hall–Kier alpha value is -1.84. The van der Waals surface area contributed by atoms with Crippen molar-refractivity contribution >= 4 is 0 Å². The molecule has 0 saturated carbocycles. The minimum atomic E-state index is -4.26. The van der Waals surface area contributed by atoms with Crippen LogP contribution in [-0.4, -0.2) is 48.7 Å². The summed E-state index contributed by atoms with van der Waals surface area (Å²) in [7, 11) is 0. The van der Waals surface area contributed by atoms with Gasteiger partial charge in [-0.25, -0.2) is 0 Å². The number of benzene rings is 1. The Bertz CT molecular complexity index is 700. The number of rotatable bonds is 4. The summed E-state index contributed by atoms with van der Waals surface area (Å²) >= 11 is 0. The second-order valence-corrected chi connectivity index (χ2v) is 7.90. The van der Waals surface area contributed by atoms with E-state index in [-0.39, 0.29) is 25.3 Å². The van der Waals surface area contributed by atoms with Gasteiger partial charge in [0.15, 0.2) is 0 Å². The van der Waals surface area contributed by atoms with Crippen molar-refractivity contribution in [3.05, 3.63) is 47.5 Å². The highest BCUT2D eigenvalue weighted by Crippen LogP contribution is 2.50. The van der Waals surface area contributed by atoms with Crippen molar-refractivity contribution in [1.82, 2.24) is 9.80 Å². The summed E-state index contributed by atoms with van der Waals surface area (Å²) in [5.74, 6) is -0.343. The van der Waals surface area contributed by atoms with E-state index in [1.54, 1.807) is 6.92 Å². The zero-order valence-electron chi connectivity index (χ0n) is 15.7. The van der Waals surface area contributed by atoms with Gasteiger partial charge in [-0.1, -0.05) is 43.3 Å². The van der Waals surface area contributed by atoms with Crippen LogP contribution in [0, 0.1) is 22.7 Å². The quantitative estimate of drug-likeness (QED) is 0.787. The predicted octanol–water partition coefficient (Wildman–Crippen LogP) is 4.23. The molecule has 2 unspecified atom stereocenters. The molecule has 0 spiro atoms. The molecule has 0 bridgehead atoms. The van der Waals surface area contributed by atoms with Gasteiger partial charge in [0.25, 0.3) is 0 Å². The number of nitriles is 1. The Morgan fingerprint density at radius 2 is 1.74 bits per heavy atom. The van der Waals surface area contributed by atoms with Crippen molar-refractivity contribution in [2.45, 2.75) is 32.5 Å². The fourth-order valence-corrected chi connectivity index (χ4v) is 4.27. The number of halogens is 3. The van der Waals surface area contributed by atoms with E-state index in [4.69, 9.17) is 5.26 Å². The molecule has 0 N–H and O–H groups in total. The van der Waals surface area contributed by atoms with E-state index in [9.17, 15) is 13.2 Å². The highest BCUT2D eigenvalue weighted by Gasteiger charge is 2.56. The molecule has 146 valence electrons. The highest BCUT2D eigenvalue weighted by molar-refractivity contribution is 5.27. The fraction of sp³-hybridized carbons (Fsp3) is 0.571. The van der Waals surface area contributed by atoms with Gasteiger partial charge in [-0.3, -0.25) is 9.80 Å². The normalized spacial score (nSPS) is 27.8. The molecule has 1 saturated heterocycles. The van der Waals surface area contributed by atoms with E-state index in [0.29, 0.717) is 18.7 Å². The van der Waals surface area contributed by atoms with Crippen LogP contribution in [0.15, 0.2) is 42.0 Å². The minimum absolute atomic E-state index is 0.000122. The summed E-state index contributed by atoms with van der Waals surface area (Å²) in [6, 6.07) is 12.2. The average Bonchev–Trinajstić information content (AvgIpc) is 2.63. The number of piperazine rings is 1. The van der Waals surface area contributed by atoms with Gasteiger partial charge in [-0.15, -0.1) is 0 Å². The maximum absolute atomic E-state index is 14.0. The first kappa shape index (κ1) is 19.9. The van der Waals surface area contributed by atoms with E-state index in [2.05, 4.69) is 17.0 Å². The molecular formula is C21H26F3N3. The second kappa shape index (κ2) is 8.04. The molecule has 1 aliphatic heterocycles. The highest BCUT2D eigenvalue weighted by atomic mass is 19.4. The molecule has 1 fully saturated rings. The number of hydrogen-bond donors (Lipinski definition) is 0. The lowest BCUT2D eigenvalue weighted by Crippen LogP contribution is -2.54. The Morgan fingerprint density at radius 1 is 1.11 bits per heavy atom. The first-order chi connectivity index (χ1) is 12.8. The molecule has 1 aliphatic carbocycles. The van der Waals surface area contributed by atoms with E-state index in [1.807, 2.05) is 29.2 Å². The summed E-state index contributed by atoms with van der Waals surface area (Å²) < 4.78 is 41.9. The van der Waals surface area contributed by atoms with Crippen LogP contribution in [0.4, 0.5) is 13.2 Å². The van der Waals surface area contributed by atoms with Crippen molar-refractivity contribution in [3.63, 3.8) is 0 Å². The zero-order chi connectivity index (χ0) is 19.5. The average molecular weight is 377 g/mol. The van der Waals surface area contributed by atoms with Crippen LogP contribution in [0.25, 0.3) is 0 Å². The molecule has 0 aromatic heterocycles. The molecule has 0 radical (unpaired) electrons. The van der Waals surface area contributed by atoms with Crippen molar-refractivity contribution < 1.29 is 13.2 Å². The van der Waals surface area contributed by atoms with Crippen molar-refractivity contribution in [2.24, 2.45) is 11.3 Å². The van der Waals surface area contributed by atoms with Gasteiger partial charge >= 0.3 is 6.18 Å². The number of hydrogen-bond acceptors (Lipinski definition) is 3. The van der Waals surface area contributed by atoms with E-state index in [1.165, 1.54) is 11.6 Å². The predicted molar refractivity (Wildman–Crippen MR) is 98.7 cm³/mol. The minimum Gasteiger partial charge on any atom is -0.300 e. The molecule has 6 heteroatoms. The molecule has 1 aromatic rings. The number of nitrogens with zero attached hydrogens (tertiary/aromatic N) is 3. The van der Waals surface area contributed by atoms with Crippen molar-refractivity contribution in [2.75, 3.05) is 32.7 Å². The van der Waals surface area contributed by atoms with Gasteiger partial charge in [-0.05, 0) is 24.3 Å². The lowest BCUT2D eigenvalue weighted by molar-refractivity contribution is -0.236. The number of alkyl halides is 3. The lowest BCUT2D eigenvalue weighted by Gasteiger charge is -2.45. The standard InChI is InChI=1S/C21H26F3N3/c1-17-13-20(21(22,23)24,8-7-19(17)14-25)16-27-11-9-26(10-12-27)15-18-5-3-2-4-6-18/h2-7,17H,8-13,15-16H2,1H3. The van der Waals surface area contributed by atoms with E-state index >= 15 is 0 Å². The van der Waals surface area contributed by atoms with Crippen molar-refractivity contribution in [3.8, 4) is 6.07 Å². The Labute approximate surface area is 159 Å². The summed E-state index contributed by atoms with van der Waals surface area (Å²) in [5.41, 5.74) is -0.0236. The summed E-state index contributed by atoms with van der Waals surface area (Å²) in [5, 5.41) is 9.09. The van der Waals surface area contributed by atoms with Gasteiger partial charge < -0.3 is 0 Å². The third-order valence-electron chi connectivity index (χ3n) is 5.91. The summed E-state index contributed by atoms with van der Waals surface area (Å²) in [4.78, 5) is 4.25. The topological polar surface area (TPSA) is 30.3 Å². The Morgan fingerprint density at radius 3 is 2.30 bits per heavy atom. The largest absolute Gasteiger partial charge is 0.396 e. The first-order valence-electron chi connectivity index (χ1n) is 9.48. The van der Waals surface area contributed by atoms with Gasteiger partial charge in [0.1, 0.15) is 0 Å². The second-order valence-electron chi connectivity index (χ2n) is 7.90. The summed E-state index contributed by atoms with van der Waals surface area (Å²) in [6.45, 7) is 5.43. The molecule has 2 atom stereocenters. The van der Waals surface area contributed by atoms with Crippen LogP contribution in [0.2, 0.25) is 0 Å². The third-order valence-corrected chi connectivity index (χ3v) is 5.91. The monoisotopic (exact) mass is 377 g/mol. The van der Waals surface area contributed by atoms with Crippen LogP contribution >= 0.6 is 0 Å². The third kappa shape index (κ3) is 4.53.